The van der Waals surface area contributed by atoms with Gasteiger partial charge in [0.1, 0.15) is 5.72 Å². The predicted octanol–water partition coefficient (Wildman–Crippen LogP) is 4.59. The molecule has 1 N–H and O–H groups in total. The van der Waals surface area contributed by atoms with Crippen molar-refractivity contribution in [3.8, 4) is 0 Å². The Balaban J connectivity index is 2.33. The van der Waals surface area contributed by atoms with Gasteiger partial charge in [0.2, 0.25) is 0 Å². The molecule has 2 aliphatic rings. The Hall–Kier alpha value is -1.56. The molecule has 1 aliphatic heterocycles. The van der Waals surface area contributed by atoms with Crippen LogP contribution in [0.1, 0.15) is 73.1 Å². The van der Waals surface area contributed by atoms with E-state index in [4.69, 9.17) is 9.47 Å². The predicted molar refractivity (Wildman–Crippen MR) is 103 cm³/mol. The SMILES string of the molecule is CCOC(=O)/C(=C/C1OC(C)(C)N(C(=O)O)C1CC1CCCCC1)C(C)C. The summed E-state index contributed by atoms with van der Waals surface area (Å²) in [5, 5.41) is 9.84. The molecular formula is C21H35NO5. The molecule has 0 aromatic carbocycles. The summed E-state index contributed by atoms with van der Waals surface area (Å²) in [5.74, 6) is 0.133. The molecule has 1 amide bonds. The number of carbonyl (C=O) groups excluding carboxylic acids is 1. The van der Waals surface area contributed by atoms with E-state index >= 15 is 0 Å². The van der Waals surface area contributed by atoms with Crippen LogP contribution in [0.2, 0.25) is 0 Å². The van der Waals surface area contributed by atoms with Crippen molar-refractivity contribution < 1.29 is 24.2 Å². The second kappa shape index (κ2) is 9.09. The van der Waals surface area contributed by atoms with Crippen molar-refractivity contribution in [3.63, 3.8) is 0 Å². The monoisotopic (exact) mass is 381 g/mol. The molecule has 1 heterocycles. The lowest BCUT2D eigenvalue weighted by molar-refractivity contribution is -0.139. The summed E-state index contributed by atoms with van der Waals surface area (Å²) in [6, 6.07) is -0.288. The zero-order chi connectivity index (χ0) is 20.2. The highest BCUT2D eigenvalue weighted by molar-refractivity contribution is 5.89. The number of esters is 1. The maximum atomic E-state index is 12.4. The largest absolute Gasteiger partial charge is 0.465 e. The van der Waals surface area contributed by atoms with E-state index in [2.05, 4.69) is 0 Å². The molecule has 0 aromatic heterocycles. The number of ether oxygens (including phenoxy) is 2. The lowest BCUT2D eigenvalue weighted by atomic mass is 9.83. The Kier molecular flexibility index (Phi) is 7.32. The van der Waals surface area contributed by atoms with Crippen LogP contribution >= 0.6 is 0 Å². The molecule has 27 heavy (non-hydrogen) atoms. The molecule has 0 radical (unpaired) electrons. The molecule has 2 atom stereocenters. The number of hydrogen-bond acceptors (Lipinski definition) is 4. The first-order valence-corrected chi connectivity index (χ1v) is 10.3. The van der Waals surface area contributed by atoms with Gasteiger partial charge in [-0.1, -0.05) is 46.0 Å². The van der Waals surface area contributed by atoms with Gasteiger partial charge in [-0.05, 0) is 45.1 Å². The van der Waals surface area contributed by atoms with Crippen molar-refractivity contribution in [2.24, 2.45) is 11.8 Å². The van der Waals surface area contributed by atoms with Crippen molar-refractivity contribution in [1.29, 1.82) is 0 Å². The third-order valence-corrected chi connectivity index (χ3v) is 5.70. The van der Waals surface area contributed by atoms with Gasteiger partial charge < -0.3 is 14.6 Å². The fourth-order valence-electron chi connectivity index (χ4n) is 4.42. The molecule has 0 bridgehead atoms. The van der Waals surface area contributed by atoms with E-state index < -0.39 is 17.9 Å². The molecule has 154 valence electrons. The van der Waals surface area contributed by atoms with Crippen LogP contribution in [0.4, 0.5) is 4.79 Å². The second-order valence-corrected chi connectivity index (χ2v) is 8.49. The van der Waals surface area contributed by atoms with E-state index in [1.54, 1.807) is 26.8 Å². The summed E-state index contributed by atoms with van der Waals surface area (Å²) in [4.78, 5) is 25.8. The smallest absolute Gasteiger partial charge is 0.409 e. The third kappa shape index (κ3) is 5.24. The lowest BCUT2D eigenvalue weighted by Crippen LogP contribution is -2.48. The van der Waals surface area contributed by atoms with Crippen LogP contribution in [0.15, 0.2) is 11.6 Å². The highest BCUT2D eigenvalue weighted by Gasteiger charge is 2.50. The van der Waals surface area contributed by atoms with Crippen molar-refractivity contribution in [2.45, 2.75) is 91.0 Å². The maximum Gasteiger partial charge on any atom is 0.409 e. The Morgan fingerprint density at radius 3 is 2.41 bits per heavy atom. The molecule has 1 saturated carbocycles. The first-order valence-electron chi connectivity index (χ1n) is 10.3. The highest BCUT2D eigenvalue weighted by Crippen LogP contribution is 2.39. The van der Waals surface area contributed by atoms with Crippen LogP contribution in [-0.2, 0) is 14.3 Å². The van der Waals surface area contributed by atoms with Crippen LogP contribution < -0.4 is 0 Å². The molecule has 2 rings (SSSR count). The minimum absolute atomic E-state index is 0.0232. The zero-order valence-electron chi connectivity index (χ0n) is 17.4. The second-order valence-electron chi connectivity index (χ2n) is 8.49. The summed E-state index contributed by atoms with van der Waals surface area (Å²) in [6.07, 6.45) is 7.09. The Bertz CT molecular complexity index is 563. The van der Waals surface area contributed by atoms with Gasteiger partial charge >= 0.3 is 12.1 Å². The van der Waals surface area contributed by atoms with E-state index in [1.165, 1.54) is 24.2 Å². The molecule has 0 spiro atoms. The van der Waals surface area contributed by atoms with Crippen LogP contribution in [0, 0.1) is 11.8 Å². The molecule has 2 unspecified atom stereocenters. The van der Waals surface area contributed by atoms with E-state index in [-0.39, 0.29) is 17.9 Å². The zero-order valence-corrected chi connectivity index (χ0v) is 17.4. The van der Waals surface area contributed by atoms with Gasteiger partial charge in [-0.2, -0.15) is 0 Å². The van der Waals surface area contributed by atoms with E-state index in [9.17, 15) is 14.7 Å². The summed E-state index contributed by atoms with van der Waals surface area (Å²) in [7, 11) is 0. The molecule has 6 nitrogen and oxygen atoms in total. The summed E-state index contributed by atoms with van der Waals surface area (Å²) < 4.78 is 11.3. The first-order chi connectivity index (χ1) is 12.7. The number of carboxylic acid groups (broad SMARTS) is 1. The fourth-order valence-corrected chi connectivity index (χ4v) is 4.42. The topological polar surface area (TPSA) is 76.1 Å². The first kappa shape index (κ1) is 21.7. The van der Waals surface area contributed by atoms with E-state index in [0.29, 0.717) is 18.1 Å². The van der Waals surface area contributed by atoms with Gasteiger partial charge in [-0.15, -0.1) is 0 Å². The van der Waals surface area contributed by atoms with Gasteiger partial charge in [-0.3, -0.25) is 4.90 Å². The standard InChI is InChI=1S/C21H35NO5/c1-6-26-19(23)16(14(2)3)13-18-17(12-15-10-8-7-9-11-15)22(20(24)25)21(4,5)27-18/h13-15,17-18H,6-12H2,1-5H3,(H,24,25)/b16-13+. The van der Waals surface area contributed by atoms with E-state index in [1.807, 2.05) is 13.8 Å². The third-order valence-electron chi connectivity index (χ3n) is 5.70. The van der Waals surface area contributed by atoms with Crippen LogP contribution in [0.5, 0.6) is 0 Å². The number of rotatable bonds is 6. The van der Waals surface area contributed by atoms with Gasteiger partial charge in [0.25, 0.3) is 0 Å². The Labute approximate surface area is 162 Å². The maximum absolute atomic E-state index is 12.4. The molecule has 2 fully saturated rings. The minimum atomic E-state index is -0.973. The quantitative estimate of drug-likeness (QED) is 0.538. The van der Waals surface area contributed by atoms with Crippen molar-refractivity contribution in [2.75, 3.05) is 6.61 Å². The van der Waals surface area contributed by atoms with Crippen molar-refractivity contribution in [1.82, 2.24) is 4.90 Å². The minimum Gasteiger partial charge on any atom is -0.465 e. The molecular weight excluding hydrogens is 346 g/mol. The number of amides is 1. The average molecular weight is 382 g/mol. The van der Waals surface area contributed by atoms with E-state index in [0.717, 1.165) is 19.3 Å². The molecule has 1 aliphatic carbocycles. The number of hydrogen-bond donors (Lipinski definition) is 1. The number of nitrogens with zero attached hydrogens (tertiary/aromatic N) is 1. The Morgan fingerprint density at radius 1 is 1.26 bits per heavy atom. The van der Waals surface area contributed by atoms with Crippen LogP contribution in [-0.4, -0.2) is 46.5 Å². The lowest BCUT2D eigenvalue weighted by Gasteiger charge is -2.33. The summed E-state index contributed by atoms with van der Waals surface area (Å²) in [5.41, 5.74) is -0.373. The average Bonchev–Trinajstić information content (AvgIpc) is 2.83. The van der Waals surface area contributed by atoms with Gasteiger partial charge in [-0.25, -0.2) is 9.59 Å². The van der Waals surface area contributed by atoms with Gasteiger partial charge in [0.05, 0.1) is 18.8 Å². The fraction of sp³-hybridized carbons (Fsp3) is 0.810. The normalized spacial score (nSPS) is 26.4. The van der Waals surface area contributed by atoms with Crippen LogP contribution in [0.25, 0.3) is 0 Å². The Morgan fingerprint density at radius 2 is 1.89 bits per heavy atom. The van der Waals surface area contributed by atoms with Gasteiger partial charge in [0.15, 0.2) is 0 Å². The number of carbonyl (C=O) groups is 2. The highest BCUT2D eigenvalue weighted by atomic mass is 16.6. The summed E-state index contributed by atoms with van der Waals surface area (Å²) in [6.45, 7) is 9.53. The molecule has 6 heteroatoms. The molecule has 1 saturated heterocycles. The molecule has 0 aromatic rings. The van der Waals surface area contributed by atoms with Gasteiger partial charge in [0, 0.05) is 5.57 Å². The van der Waals surface area contributed by atoms with Crippen molar-refractivity contribution in [3.05, 3.63) is 11.6 Å². The summed E-state index contributed by atoms with van der Waals surface area (Å²) >= 11 is 0. The van der Waals surface area contributed by atoms with Crippen LogP contribution in [0.3, 0.4) is 0 Å². The van der Waals surface area contributed by atoms with Crippen molar-refractivity contribution >= 4 is 12.1 Å².